The Bertz CT molecular complexity index is 436. The van der Waals surface area contributed by atoms with Gasteiger partial charge in [-0.2, -0.15) is 0 Å². The SMILES string of the molecule is CCCC(=O)N1CCCC(C(=O)N2CCC3(CCNC3)CC2)C1. The standard InChI is InChI=1S/C18H31N3O2/c1-2-4-16(22)21-10-3-5-15(13-21)17(23)20-11-7-18(8-12-20)6-9-19-14-18/h15,19H,2-14H2,1H3. The number of hydrogen-bond acceptors (Lipinski definition) is 3. The van der Waals surface area contributed by atoms with Crippen molar-refractivity contribution in [1.82, 2.24) is 15.1 Å². The lowest BCUT2D eigenvalue weighted by molar-refractivity contribution is -0.142. The van der Waals surface area contributed by atoms with Crippen LogP contribution in [0.1, 0.15) is 51.9 Å². The molecular weight excluding hydrogens is 290 g/mol. The summed E-state index contributed by atoms with van der Waals surface area (Å²) in [6.45, 7) is 7.56. The Hall–Kier alpha value is -1.10. The monoisotopic (exact) mass is 321 g/mol. The lowest BCUT2D eigenvalue weighted by Crippen LogP contribution is -2.50. The van der Waals surface area contributed by atoms with Crippen LogP contribution in [0.5, 0.6) is 0 Å². The predicted molar refractivity (Wildman–Crippen MR) is 89.9 cm³/mol. The predicted octanol–water partition coefficient (Wildman–Crippen LogP) is 1.63. The number of hydrogen-bond donors (Lipinski definition) is 1. The molecule has 5 nitrogen and oxygen atoms in total. The van der Waals surface area contributed by atoms with Gasteiger partial charge in [0, 0.05) is 39.1 Å². The van der Waals surface area contributed by atoms with Crippen molar-refractivity contribution < 1.29 is 9.59 Å². The summed E-state index contributed by atoms with van der Waals surface area (Å²) in [5, 5.41) is 3.47. The molecule has 1 atom stereocenters. The highest BCUT2D eigenvalue weighted by molar-refractivity contribution is 5.81. The maximum atomic E-state index is 12.9. The van der Waals surface area contributed by atoms with Crippen molar-refractivity contribution in [3.05, 3.63) is 0 Å². The van der Waals surface area contributed by atoms with Crippen LogP contribution in [-0.4, -0.2) is 60.9 Å². The molecule has 0 bridgehead atoms. The first-order valence-electron chi connectivity index (χ1n) is 9.41. The molecule has 0 saturated carbocycles. The van der Waals surface area contributed by atoms with Crippen molar-refractivity contribution >= 4 is 11.8 Å². The van der Waals surface area contributed by atoms with E-state index >= 15 is 0 Å². The fourth-order valence-electron chi connectivity index (χ4n) is 4.46. The molecular formula is C18H31N3O2. The quantitative estimate of drug-likeness (QED) is 0.859. The number of carbonyl (C=O) groups is 2. The number of amides is 2. The van der Waals surface area contributed by atoms with Crippen LogP contribution in [0.2, 0.25) is 0 Å². The molecule has 0 aromatic heterocycles. The lowest BCUT2D eigenvalue weighted by atomic mass is 9.77. The highest BCUT2D eigenvalue weighted by atomic mass is 16.2. The van der Waals surface area contributed by atoms with Gasteiger partial charge in [0.2, 0.25) is 11.8 Å². The van der Waals surface area contributed by atoms with Crippen LogP contribution < -0.4 is 5.32 Å². The van der Waals surface area contributed by atoms with Gasteiger partial charge in [-0.05, 0) is 50.5 Å². The van der Waals surface area contributed by atoms with E-state index in [0.717, 1.165) is 64.8 Å². The smallest absolute Gasteiger partial charge is 0.227 e. The average molecular weight is 321 g/mol. The largest absolute Gasteiger partial charge is 0.342 e. The second kappa shape index (κ2) is 7.20. The zero-order valence-electron chi connectivity index (χ0n) is 14.5. The van der Waals surface area contributed by atoms with Crippen molar-refractivity contribution in [3.63, 3.8) is 0 Å². The molecule has 1 N–H and O–H groups in total. The van der Waals surface area contributed by atoms with E-state index in [9.17, 15) is 9.59 Å². The molecule has 0 aromatic carbocycles. The van der Waals surface area contributed by atoms with Crippen LogP contribution in [0.15, 0.2) is 0 Å². The Balaban J connectivity index is 1.52. The van der Waals surface area contributed by atoms with E-state index in [1.165, 1.54) is 6.42 Å². The van der Waals surface area contributed by atoms with Gasteiger partial charge >= 0.3 is 0 Å². The Kier molecular flexibility index (Phi) is 5.24. The Labute approximate surface area is 139 Å². The maximum absolute atomic E-state index is 12.9. The van der Waals surface area contributed by atoms with Crippen molar-refractivity contribution in [2.45, 2.75) is 51.9 Å². The van der Waals surface area contributed by atoms with Crippen LogP contribution in [-0.2, 0) is 9.59 Å². The normalized spacial score (nSPS) is 27.4. The molecule has 0 aromatic rings. The van der Waals surface area contributed by atoms with E-state index in [2.05, 4.69) is 10.2 Å². The zero-order chi connectivity index (χ0) is 16.3. The summed E-state index contributed by atoms with van der Waals surface area (Å²) in [5.41, 5.74) is 0.451. The first-order chi connectivity index (χ1) is 11.1. The van der Waals surface area contributed by atoms with Crippen LogP contribution in [0.25, 0.3) is 0 Å². The van der Waals surface area contributed by atoms with Gasteiger partial charge in [-0.3, -0.25) is 9.59 Å². The van der Waals surface area contributed by atoms with E-state index in [0.29, 0.717) is 24.3 Å². The Morgan fingerprint density at radius 3 is 2.57 bits per heavy atom. The average Bonchev–Trinajstić information content (AvgIpc) is 3.03. The van der Waals surface area contributed by atoms with Gasteiger partial charge in [0.1, 0.15) is 0 Å². The van der Waals surface area contributed by atoms with Gasteiger partial charge in [0.25, 0.3) is 0 Å². The Morgan fingerprint density at radius 2 is 1.91 bits per heavy atom. The summed E-state index contributed by atoms with van der Waals surface area (Å²) in [7, 11) is 0. The number of rotatable bonds is 3. The summed E-state index contributed by atoms with van der Waals surface area (Å²) >= 11 is 0. The van der Waals surface area contributed by atoms with Crippen molar-refractivity contribution in [1.29, 1.82) is 0 Å². The minimum absolute atomic E-state index is 0.0281. The molecule has 3 saturated heterocycles. The first-order valence-corrected chi connectivity index (χ1v) is 9.41. The van der Waals surface area contributed by atoms with Crippen LogP contribution in [0.4, 0.5) is 0 Å². The first kappa shape index (κ1) is 16.7. The van der Waals surface area contributed by atoms with Crippen LogP contribution >= 0.6 is 0 Å². The van der Waals surface area contributed by atoms with Crippen LogP contribution in [0, 0.1) is 11.3 Å². The third kappa shape index (κ3) is 3.70. The molecule has 2 amide bonds. The Morgan fingerprint density at radius 1 is 1.13 bits per heavy atom. The summed E-state index contributed by atoms with van der Waals surface area (Å²) in [6, 6.07) is 0. The minimum Gasteiger partial charge on any atom is -0.342 e. The molecule has 23 heavy (non-hydrogen) atoms. The number of likely N-dealkylation sites (tertiary alicyclic amines) is 2. The fourth-order valence-corrected chi connectivity index (χ4v) is 4.46. The van der Waals surface area contributed by atoms with Crippen LogP contribution in [0.3, 0.4) is 0 Å². The van der Waals surface area contributed by atoms with Gasteiger partial charge in [0.05, 0.1) is 5.92 Å². The van der Waals surface area contributed by atoms with Gasteiger partial charge < -0.3 is 15.1 Å². The number of nitrogens with zero attached hydrogens (tertiary/aromatic N) is 2. The maximum Gasteiger partial charge on any atom is 0.227 e. The highest BCUT2D eigenvalue weighted by Crippen LogP contribution is 2.37. The van der Waals surface area contributed by atoms with Gasteiger partial charge in [-0.15, -0.1) is 0 Å². The van der Waals surface area contributed by atoms with Crippen molar-refractivity contribution in [2.24, 2.45) is 11.3 Å². The topological polar surface area (TPSA) is 52.7 Å². The number of piperidine rings is 2. The number of carbonyl (C=O) groups excluding carboxylic acids is 2. The van der Waals surface area contributed by atoms with Gasteiger partial charge in [-0.25, -0.2) is 0 Å². The molecule has 3 heterocycles. The molecule has 1 unspecified atom stereocenters. The molecule has 3 aliphatic heterocycles. The summed E-state index contributed by atoms with van der Waals surface area (Å²) in [4.78, 5) is 29.0. The highest BCUT2D eigenvalue weighted by Gasteiger charge is 2.39. The molecule has 130 valence electrons. The van der Waals surface area contributed by atoms with E-state index in [1.54, 1.807) is 0 Å². The summed E-state index contributed by atoms with van der Waals surface area (Å²) in [5.74, 6) is 0.541. The fraction of sp³-hybridized carbons (Fsp3) is 0.889. The van der Waals surface area contributed by atoms with E-state index < -0.39 is 0 Å². The second-order valence-corrected chi connectivity index (χ2v) is 7.68. The van der Waals surface area contributed by atoms with Crippen molar-refractivity contribution in [3.8, 4) is 0 Å². The van der Waals surface area contributed by atoms with Gasteiger partial charge in [0.15, 0.2) is 0 Å². The minimum atomic E-state index is 0.0281. The van der Waals surface area contributed by atoms with Gasteiger partial charge in [-0.1, -0.05) is 6.92 Å². The third-order valence-electron chi connectivity index (χ3n) is 6.06. The van der Waals surface area contributed by atoms with E-state index in [1.807, 2.05) is 11.8 Å². The second-order valence-electron chi connectivity index (χ2n) is 7.68. The third-order valence-corrected chi connectivity index (χ3v) is 6.06. The molecule has 0 aliphatic carbocycles. The molecule has 0 radical (unpaired) electrons. The summed E-state index contributed by atoms with van der Waals surface area (Å²) in [6.07, 6.45) is 6.94. The lowest BCUT2D eigenvalue weighted by Gasteiger charge is -2.41. The zero-order valence-corrected chi connectivity index (χ0v) is 14.5. The van der Waals surface area contributed by atoms with Crippen molar-refractivity contribution in [2.75, 3.05) is 39.3 Å². The molecule has 1 spiro atoms. The number of nitrogens with one attached hydrogen (secondary N) is 1. The molecule has 3 fully saturated rings. The molecule has 5 heteroatoms. The van der Waals surface area contributed by atoms with E-state index in [-0.39, 0.29) is 11.8 Å². The van der Waals surface area contributed by atoms with E-state index in [4.69, 9.17) is 0 Å². The molecule has 3 rings (SSSR count). The summed E-state index contributed by atoms with van der Waals surface area (Å²) < 4.78 is 0. The molecule has 3 aliphatic rings.